The zero-order valence-electron chi connectivity index (χ0n) is 21.4. The number of fused-ring (bicyclic) bond motifs is 1. The van der Waals surface area contributed by atoms with Crippen molar-refractivity contribution < 1.29 is 29.1 Å². The monoisotopic (exact) mass is 530 g/mol. The number of hydrogen-bond donors (Lipinski definition) is 2. The number of nitriles is 1. The van der Waals surface area contributed by atoms with Gasteiger partial charge in [0.05, 0.1) is 30.5 Å². The number of ketones is 2. The zero-order valence-corrected chi connectivity index (χ0v) is 22.3. The lowest BCUT2D eigenvalue weighted by atomic mass is 9.73. The molecule has 4 aliphatic heterocycles. The number of nitrogens with one attached hydrogen (secondary N) is 1. The molecule has 0 unspecified atom stereocenters. The average Bonchev–Trinajstić information content (AvgIpc) is 3.52. The number of nitrogens with zero attached hydrogens (tertiary/aromatic N) is 3. The Balaban J connectivity index is 1.37. The summed E-state index contributed by atoms with van der Waals surface area (Å²) in [5.74, 6) is -2.05. The number of β-lactam (4-membered cyclic amide) rings is 1. The van der Waals surface area contributed by atoms with Crippen LogP contribution in [0.1, 0.15) is 52.9 Å². The van der Waals surface area contributed by atoms with Crippen molar-refractivity contribution in [3.05, 3.63) is 10.6 Å². The van der Waals surface area contributed by atoms with Gasteiger partial charge >= 0.3 is 5.97 Å². The molecule has 3 saturated heterocycles. The van der Waals surface area contributed by atoms with Crippen LogP contribution in [0.3, 0.4) is 0 Å². The molecule has 10 nitrogen and oxygen atoms in total. The van der Waals surface area contributed by atoms with Crippen LogP contribution < -0.4 is 5.32 Å². The maximum absolute atomic E-state index is 13.1. The molecule has 11 heteroatoms. The Kier molecular flexibility index (Phi) is 8.09. The first-order chi connectivity index (χ1) is 17.5. The Bertz CT molecular complexity index is 1080. The molecule has 0 saturated carbocycles. The highest BCUT2D eigenvalue weighted by Crippen LogP contribution is 2.53. The molecular weight excluding hydrogens is 496 g/mol. The van der Waals surface area contributed by atoms with Crippen molar-refractivity contribution in [3.63, 3.8) is 0 Å². The molecule has 2 amide bonds. The van der Waals surface area contributed by atoms with Crippen molar-refractivity contribution in [1.82, 2.24) is 15.1 Å². The van der Waals surface area contributed by atoms with E-state index in [0.717, 1.165) is 6.42 Å². The van der Waals surface area contributed by atoms with Gasteiger partial charge in [-0.15, -0.1) is 11.8 Å². The van der Waals surface area contributed by atoms with Gasteiger partial charge in [-0.1, -0.05) is 13.8 Å². The minimum absolute atomic E-state index is 0.0104. The SMILES string of the molecule is CC(=O)C[C@H](C)[C@H]1C(=O)N2C(C(=O)O)=C(S[C@@H]3CN[C@H](C(=O)N4CC[C@H](CC(=O)CC#N)C4)C3)[C@H](C)[C@H]12. The summed E-state index contributed by atoms with van der Waals surface area (Å²) < 4.78 is 0. The Morgan fingerprint density at radius 2 is 2.03 bits per heavy atom. The molecule has 200 valence electrons. The van der Waals surface area contributed by atoms with Crippen LogP contribution in [0.2, 0.25) is 0 Å². The van der Waals surface area contributed by atoms with E-state index in [-0.39, 0.29) is 76.5 Å². The first-order valence-corrected chi connectivity index (χ1v) is 13.8. The Hall–Kier alpha value is -2.71. The van der Waals surface area contributed by atoms with E-state index in [1.807, 2.05) is 19.9 Å². The average molecular weight is 531 g/mol. The van der Waals surface area contributed by atoms with Crippen molar-refractivity contribution in [2.45, 2.75) is 70.2 Å². The van der Waals surface area contributed by atoms with Gasteiger partial charge in [0, 0.05) is 48.5 Å². The largest absolute Gasteiger partial charge is 0.477 e. The number of likely N-dealkylation sites (tertiary alicyclic amines) is 1. The predicted octanol–water partition coefficient (Wildman–Crippen LogP) is 1.56. The molecule has 0 spiro atoms. The summed E-state index contributed by atoms with van der Waals surface area (Å²) in [5, 5.41) is 21.9. The third-order valence-corrected chi connectivity index (χ3v) is 9.60. The van der Waals surface area contributed by atoms with Gasteiger partial charge < -0.3 is 25.0 Å². The lowest BCUT2D eigenvalue weighted by molar-refractivity contribution is -0.160. The number of Topliss-reactive ketones (excluding diaryl/α,β-unsaturated/α-hetero) is 2. The molecule has 0 aromatic heterocycles. The number of carbonyl (C=O) groups excluding carboxylic acids is 4. The summed E-state index contributed by atoms with van der Waals surface area (Å²) >= 11 is 1.44. The first-order valence-electron chi connectivity index (χ1n) is 12.9. The van der Waals surface area contributed by atoms with Crippen molar-refractivity contribution in [1.29, 1.82) is 5.26 Å². The van der Waals surface area contributed by atoms with Crippen LogP contribution in [0, 0.1) is 35.0 Å². The normalized spacial score (nSPS) is 31.7. The molecule has 7 atom stereocenters. The van der Waals surface area contributed by atoms with E-state index in [0.29, 0.717) is 43.8 Å². The Labute approximate surface area is 220 Å². The molecule has 0 bridgehead atoms. The van der Waals surface area contributed by atoms with Crippen LogP contribution in [-0.4, -0.2) is 81.2 Å². The van der Waals surface area contributed by atoms with Gasteiger partial charge in [0.25, 0.3) is 0 Å². The minimum Gasteiger partial charge on any atom is -0.477 e. The van der Waals surface area contributed by atoms with E-state index in [4.69, 9.17) is 5.26 Å². The van der Waals surface area contributed by atoms with E-state index in [2.05, 4.69) is 5.32 Å². The third kappa shape index (κ3) is 5.32. The number of carboxylic acid groups (broad SMARTS) is 1. The predicted molar refractivity (Wildman–Crippen MR) is 135 cm³/mol. The van der Waals surface area contributed by atoms with Crippen molar-refractivity contribution >= 4 is 41.1 Å². The fourth-order valence-corrected chi connectivity index (χ4v) is 7.89. The minimum atomic E-state index is -1.13. The quantitative estimate of drug-likeness (QED) is 0.401. The second-order valence-corrected chi connectivity index (χ2v) is 12.2. The van der Waals surface area contributed by atoms with Crippen LogP contribution in [-0.2, 0) is 24.0 Å². The summed E-state index contributed by atoms with van der Waals surface area (Å²) in [5.41, 5.74) is 0.0398. The molecular formula is C26H34N4O6S. The maximum atomic E-state index is 13.1. The molecule has 4 aliphatic rings. The van der Waals surface area contributed by atoms with E-state index < -0.39 is 5.97 Å². The summed E-state index contributed by atoms with van der Waals surface area (Å²) in [6.07, 6.45) is 1.80. The molecule has 3 fully saturated rings. The second-order valence-electron chi connectivity index (χ2n) is 10.9. The number of thioether (sulfide) groups is 1. The number of carbonyl (C=O) groups is 5. The van der Waals surface area contributed by atoms with Crippen LogP contribution in [0.15, 0.2) is 10.6 Å². The fraction of sp³-hybridized carbons (Fsp3) is 0.692. The summed E-state index contributed by atoms with van der Waals surface area (Å²) in [4.78, 5) is 65.5. The molecule has 0 radical (unpaired) electrons. The molecule has 2 N–H and O–H groups in total. The number of hydrogen-bond acceptors (Lipinski definition) is 8. The van der Waals surface area contributed by atoms with Gasteiger partial charge in [0.1, 0.15) is 17.3 Å². The zero-order chi connectivity index (χ0) is 27.0. The van der Waals surface area contributed by atoms with Crippen molar-refractivity contribution in [3.8, 4) is 6.07 Å². The smallest absolute Gasteiger partial charge is 0.353 e. The topological polar surface area (TPSA) is 148 Å². The van der Waals surface area contributed by atoms with Crippen molar-refractivity contribution in [2.75, 3.05) is 19.6 Å². The van der Waals surface area contributed by atoms with Crippen molar-refractivity contribution in [2.24, 2.45) is 23.7 Å². The van der Waals surface area contributed by atoms with Gasteiger partial charge in [-0.05, 0) is 31.6 Å². The van der Waals surface area contributed by atoms with Gasteiger partial charge in [-0.2, -0.15) is 5.26 Å². The van der Waals surface area contributed by atoms with E-state index in [9.17, 15) is 29.1 Å². The summed E-state index contributed by atoms with van der Waals surface area (Å²) in [6, 6.07) is 1.24. The second kappa shape index (κ2) is 11.0. The lowest BCUT2D eigenvalue weighted by Gasteiger charge is -2.47. The highest BCUT2D eigenvalue weighted by atomic mass is 32.2. The van der Waals surface area contributed by atoms with Crippen LogP contribution in [0.4, 0.5) is 0 Å². The van der Waals surface area contributed by atoms with Crippen LogP contribution >= 0.6 is 11.8 Å². The van der Waals surface area contributed by atoms with Gasteiger partial charge in [0.15, 0.2) is 0 Å². The summed E-state index contributed by atoms with van der Waals surface area (Å²) in [6.45, 7) is 6.96. The van der Waals surface area contributed by atoms with E-state index in [1.165, 1.54) is 23.6 Å². The van der Waals surface area contributed by atoms with Gasteiger partial charge in [-0.3, -0.25) is 14.4 Å². The third-order valence-electron chi connectivity index (χ3n) is 8.09. The van der Waals surface area contributed by atoms with E-state index in [1.54, 1.807) is 4.90 Å². The molecule has 4 rings (SSSR count). The molecule has 37 heavy (non-hydrogen) atoms. The highest BCUT2D eigenvalue weighted by Gasteiger charge is 2.60. The first kappa shape index (κ1) is 27.3. The van der Waals surface area contributed by atoms with Gasteiger partial charge in [0.2, 0.25) is 11.8 Å². The van der Waals surface area contributed by atoms with Gasteiger partial charge in [-0.25, -0.2) is 4.79 Å². The number of rotatable bonds is 10. The highest BCUT2D eigenvalue weighted by molar-refractivity contribution is 8.03. The molecule has 0 aliphatic carbocycles. The molecule has 4 heterocycles. The van der Waals surface area contributed by atoms with Crippen LogP contribution in [0.25, 0.3) is 0 Å². The standard InChI is InChI=1S/C26H34N4O6S/c1-13(8-14(2)31)20-21-15(3)23(22(26(35)36)30(21)25(20)34)37-18-10-19(28-11-18)24(33)29-7-5-16(12-29)9-17(32)4-6-27/h13,15-16,18-21,28H,4-5,7-12H2,1-3H3,(H,35,36)/t13-,15+,16+,18-,19-,20+,21+/m0/s1. The van der Waals surface area contributed by atoms with E-state index >= 15 is 0 Å². The number of aliphatic carboxylic acids is 1. The number of amides is 2. The number of carboxylic acids is 1. The van der Waals surface area contributed by atoms with Crippen LogP contribution in [0.5, 0.6) is 0 Å². The fourth-order valence-electron chi connectivity index (χ4n) is 6.41. The lowest BCUT2D eigenvalue weighted by Crippen LogP contribution is -2.62. The maximum Gasteiger partial charge on any atom is 0.353 e. The molecule has 0 aromatic carbocycles. The Morgan fingerprint density at radius 3 is 2.68 bits per heavy atom. The Morgan fingerprint density at radius 1 is 1.30 bits per heavy atom. The molecule has 0 aromatic rings. The summed E-state index contributed by atoms with van der Waals surface area (Å²) in [7, 11) is 0.